The third-order valence-electron chi connectivity index (χ3n) is 5.92. The first kappa shape index (κ1) is 22.9. The molecule has 11 heteroatoms. The van der Waals surface area contributed by atoms with E-state index in [0.29, 0.717) is 17.1 Å². The van der Waals surface area contributed by atoms with Gasteiger partial charge in [-0.05, 0) is 37.6 Å². The molecule has 4 rings (SSSR count). The molecule has 1 aliphatic heterocycles. The third kappa shape index (κ3) is 3.74. The molecule has 0 atom stereocenters. The fourth-order valence-corrected chi connectivity index (χ4v) is 4.00. The Morgan fingerprint density at radius 3 is 2.62 bits per heavy atom. The Labute approximate surface area is 193 Å². The number of carbonyl (C=O) groups is 3. The molecule has 1 fully saturated rings. The second-order valence-electron chi connectivity index (χ2n) is 8.05. The lowest BCUT2D eigenvalue weighted by molar-refractivity contribution is -0.130. The van der Waals surface area contributed by atoms with Crippen LogP contribution in [0.2, 0.25) is 0 Å². The van der Waals surface area contributed by atoms with Crippen LogP contribution in [0.15, 0.2) is 30.6 Å². The van der Waals surface area contributed by atoms with Gasteiger partial charge in [-0.2, -0.15) is 5.26 Å². The Morgan fingerprint density at radius 1 is 1.29 bits per heavy atom. The second kappa shape index (κ2) is 8.57. The minimum Gasteiger partial charge on any atom is -0.375 e. The number of ketones is 1. The first-order valence-corrected chi connectivity index (χ1v) is 10.3. The van der Waals surface area contributed by atoms with E-state index in [1.54, 1.807) is 39.4 Å². The van der Waals surface area contributed by atoms with Gasteiger partial charge in [-0.3, -0.25) is 14.4 Å². The topological polar surface area (TPSA) is 142 Å². The maximum Gasteiger partial charge on any atom is 0.293 e. The van der Waals surface area contributed by atoms with Crippen LogP contribution < -0.4 is 10.6 Å². The summed E-state index contributed by atoms with van der Waals surface area (Å²) in [5.74, 6) is -2.43. The van der Waals surface area contributed by atoms with Crippen molar-refractivity contribution < 1.29 is 23.5 Å². The molecule has 2 aromatic heterocycles. The molecule has 3 aromatic rings. The zero-order valence-electron chi connectivity index (χ0n) is 18.7. The summed E-state index contributed by atoms with van der Waals surface area (Å²) < 4.78 is 20.3. The van der Waals surface area contributed by atoms with Gasteiger partial charge in [0.2, 0.25) is 0 Å². The normalized spacial score (nSPS) is 14.1. The van der Waals surface area contributed by atoms with Crippen molar-refractivity contribution in [2.24, 2.45) is 7.05 Å². The molecule has 2 amide bonds. The van der Waals surface area contributed by atoms with Crippen LogP contribution in [0.4, 0.5) is 10.1 Å². The number of nitrogens with zero attached hydrogens (tertiary/aromatic N) is 3. The van der Waals surface area contributed by atoms with Crippen LogP contribution in [0.1, 0.15) is 43.5 Å². The number of rotatable bonds is 6. The Balaban J connectivity index is 1.59. The van der Waals surface area contributed by atoms with Gasteiger partial charge in [0, 0.05) is 30.8 Å². The molecule has 34 heavy (non-hydrogen) atoms. The molecule has 3 heterocycles. The molecular formula is C23H21FN6O4. The predicted molar refractivity (Wildman–Crippen MR) is 118 cm³/mol. The number of benzene rings is 1. The number of ether oxygens (including phenoxy) is 1. The number of hydrogen-bond donors (Lipinski definition) is 3. The number of aromatic nitrogens is 3. The fourth-order valence-electron chi connectivity index (χ4n) is 4.00. The average Bonchev–Trinajstić information content (AvgIpc) is 3.39. The summed E-state index contributed by atoms with van der Waals surface area (Å²) in [5, 5.41) is 14.3. The standard InChI is InChI=1S/C23H21FN6O4/c1-12-17(19(31)21(33)29-23(10-34-11-23)22-26-6-7-27-22)13(2)30(3)18(12)20(32)28-15-4-5-16(24)14(8-15)9-25/h4-8H,10-11H2,1-3H3,(H,26,27)(H,28,32)(H,29,33). The average molecular weight is 464 g/mol. The van der Waals surface area contributed by atoms with E-state index in [4.69, 9.17) is 10.00 Å². The van der Waals surface area contributed by atoms with Crippen molar-refractivity contribution >= 4 is 23.3 Å². The molecule has 0 bridgehead atoms. The molecule has 10 nitrogen and oxygen atoms in total. The number of hydrogen-bond acceptors (Lipinski definition) is 6. The van der Waals surface area contributed by atoms with Gasteiger partial charge in [0.15, 0.2) is 0 Å². The van der Waals surface area contributed by atoms with Crippen molar-refractivity contribution in [2.75, 3.05) is 18.5 Å². The summed E-state index contributed by atoms with van der Waals surface area (Å²) in [7, 11) is 1.60. The van der Waals surface area contributed by atoms with Gasteiger partial charge >= 0.3 is 0 Å². The zero-order valence-corrected chi connectivity index (χ0v) is 18.7. The Bertz CT molecular complexity index is 1350. The largest absolute Gasteiger partial charge is 0.375 e. The van der Waals surface area contributed by atoms with Crippen molar-refractivity contribution in [1.82, 2.24) is 19.9 Å². The Kier molecular flexibility index (Phi) is 5.76. The van der Waals surface area contributed by atoms with E-state index in [9.17, 15) is 18.8 Å². The number of H-pyrrole nitrogens is 1. The van der Waals surface area contributed by atoms with Crippen molar-refractivity contribution in [1.29, 1.82) is 5.26 Å². The second-order valence-corrected chi connectivity index (χ2v) is 8.05. The number of aromatic amines is 1. The lowest BCUT2D eigenvalue weighted by Crippen LogP contribution is -2.61. The summed E-state index contributed by atoms with van der Waals surface area (Å²) in [6, 6.07) is 5.33. The highest BCUT2D eigenvalue weighted by Gasteiger charge is 2.45. The highest BCUT2D eigenvalue weighted by Crippen LogP contribution is 2.28. The van der Waals surface area contributed by atoms with Gasteiger partial charge in [-0.25, -0.2) is 9.37 Å². The molecule has 0 aliphatic carbocycles. The molecule has 3 N–H and O–H groups in total. The van der Waals surface area contributed by atoms with Crippen LogP contribution in [-0.4, -0.2) is 45.3 Å². The summed E-state index contributed by atoms with van der Waals surface area (Å²) in [6.45, 7) is 3.54. The summed E-state index contributed by atoms with van der Waals surface area (Å²) in [6.07, 6.45) is 3.15. The lowest BCUT2D eigenvalue weighted by Gasteiger charge is -2.40. The lowest BCUT2D eigenvalue weighted by atomic mass is 9.95. The maximum absolute atomic E-state index is 13.6. The predicted octanol–water partition coefficient (Wildman–Crippen LogP) is 1.85. The van der Waals surface area contributed by atoms with Gasteiger partial charge in [0.1, 0.15) is 28.9 Å². The zero-order chi connectivity index (χ0) is 24.6. The number of nitrogens with one attached hydrogen (secondary N) is 3. The minimum atomic E-state index is -0.923. The van der Waals surface area contributed by atoms with Gasteiger partial charge < -0.3 is 24.9 Å². The van der Waals surface area contributed by atoms with Crippen molar-refractivity contribution in [3.8, 4) is 6.07 Å². The van der Waals surface area contributed by atoms with Gasteiger partial charge in [0.05, 0.1) is 24.3 Å². The number of halogens is 1. The quantitative estimate of drug-likeness (QED) is 0.375. The molecule has 0 unspecified atom stereocenters. The molecule has 0 saturated carbocycles. The fraction of sp³-hybridized carbons (Fsp3) is 0.261. The number of imidazole rings is 1. The molecule has 1 aromatic carbocycles. The summed E-state index contributed by atoms with van der Waals surface area (Å²) in [4.78, 5) is 46.1. The van der Waals surface area contributed by atoms with E-state index < -0.39 is 29.0 Å². The smallest absolute Gasteiger partial charge is 0.293 e. The van der Waals surface area contributed by atoms with Crippen LogP contribution in [0.25, 0.3) is 0 Å². The third-order valence-corrected chi connectivity index (χ3v) is 5.92. The van der Waals surface area contributed by atoms with Crippen molar-refractivity contribution in [3.63, 3.8) is 0 Å². The maximum atomic E-state index is 13.6. The molecule has 0 spiro atoms. The number of amides is 2. The first-order valence-electron chi connectivity index (χ1n) is 10.3. The summed E-state index contributed by atoms with van der Waals surface area (Å²) >= 11 is 0. The van der Waals surface area contributed by atoms with Crippen molar-refractivity contribution in [3.05, 3.63) is 70.3 Å². The molecule has 174 valence electrons. The number of nitriles is 1. The highest BCUT2D eigenvalue weighted by atomic mass is 19.1. The first-order chi connectivity index (χ1) is 16.2. The SMILES string of the molecule is Cc1c(C(=O)C(=O)NC2(c3ncc[nH]3)COC2)c(C)n(C)c1C(=O)Nc1ccc(F)c(C#N)c1. The van der Waals surface area contributed by atoms with Crippen LogP contribution in [0.3, 0.4) is 0 Å². The monoisotopic (exact) mass is 464 g/mol. The highest BCUT2D eigenvalue weighted by molar-refractivity contribution is 6.43. The molecule has 0 radical (unpaired) electrons. The van der Waals surface area contributed by atoms with E-state index in [-0.39, 0.29) is 35.7 Å². The van der Waals surface area contributed by atoms with E-state index in [1.165, 1.54) is 16.7 Å². The van der Waals surface area contributed by atoms with E-state index in [0.717, 1.165) is 6.07 Å². The van der Waals surface area contributed by atoms with E-state index in [1.807, 2.05) is 0 Å². The molecular weight excluding hydrogens is 443 g/mol. The van der Waals surface area contributed by atoms with Crippen molar-refractivity contribution in [2.45, 2.75) is 19.4 Å². The molecule has 1 aliphatic rings. The Morgan fingerprint density at radius 2 is 2.03 bits per heavy atom. The minimum absolute atomic E-state index is 0.108. The van der Waals surface area contributed by atoms with Crippen LogP contribution in [0, 0.1) is 31.0 Å². The molecule has 1 saturated heterocycles. The van der Waals surface area contributed by atoms with Crippen LogP contribution in [0.5, 0.6) is 0 Å². The number of Topliss-reactive ketones (excluding diaryl/α,β-unsaturated/α-hetero) is 1. The van der Waals surface area contributed by atoms with E-state index in [2.05, 4.69) is 20.6 Å². The van der Waals surface area contributed by atoms with Gasteiger partial charge in [0.25, 0.3) is 17.6 Å². The van der Waals surface area contributed by atoms with Crippen LogP contribution in [-0.2, 0) is 22.1 Å². The summed E-state index contributed by atoms with van der Waals surface area (Å²) in [5.41, 5.74) is 0.0937. The number of anilines is 1. The number of carbonyl (C=O) groups excluding carboxylic acids is 3. The van der Waals surface area contributed by atoms with Crippen LogP contribution >= 0.6 is 0 Å². The van der Waals surface area contributed by atoms with Gasteiger partial charge in [-0.1, -0.05) is 0 Å². The Hall–Kier alpha value is -4.30. The van der Waals surface area contributed by atoms with E-state index >= 15 is 0 Å². The van der Waals surface area contributed by atoms with Gasteiger partial charge in [-0.15, -0.1) is 0 Å².